The molecule has 5 atom stereocenters. The van der Waals surface area contributed by atoms with Gasteiger partial charge >= 0.3 is 0 Å². The largest absolute Gasteiger partial charge is 0.443 e. The second-order valence-electron chi connectivity index (χ2n) is 12.6. The predicted molar refractivity (Wildman–Crippen MR) is 169 cm³/mol. The molecule has 2 aliphatic heterocycles. The molecule has 0 unspecified atom stereocenters. The molecule has 1 aromatic heterocycles. The lowest BCUT2D eigenvalue weighted by atomic mass is 9.99. The van der Waals surface area contributed by atoms with Crippen LogP contribution in [0.2, 0.25) is 0 Å². The van der Waals surface area contributed by atoms with Crippen molar-refractivity contribution in [1.29, 1.82) is 0 Å². The first-order valence-electron chi connectivity index (χ1n) is 15.9. The summed E-state index contributed by atoms with van der Waals surface area (Å²) in [5.41, 5.74) is 3.00. The monoisotopic (exact) mass is 639 g/mol. The Labute approximate surface area is 267 Å². The molecule has 3 aromatic rings. The average molecular weight is 640 g/mol. The van der Waals surface area contributed by atoms with E-state index in [0.717, 1.165) is 48.1 Å². The fourth-order valence-electron chi connectivity index (χ4n) is 6.01. The molecule has 2 aromatic carbocycles. The lowest BCUT2D eigenvalue weighted by Crippen LogP contribution is -2.60. The molecule has 0 spiro atoms. The number of ether oxygens (including phenoxy) is 2. The van der Waals surface area contributed by atoms with E-state index in [1.165, 1.54) is 0 Å². The van der Waals surface area contributed by atoms with Gasteiger partial charge in [0.2, 0.25) is 24.0 Å². The van der Waals surface area contributed by atoms with Crippen molar-refractivity contribution in [3.8, 4) is 5.88 Å². The van der Waals surface area contributed by atoms with Gasteiger partial charge in [-0.2, -0.15) is 0 Å². The van der Waals surface area contributed by atoms with Gasteiger partial charge in [0.15, 0.2) is 0 Å². The van der Waals surface area contributed by atoms with Gasteiger partial charge in [-0.05, 0) is 62.3 Å². The van der Waals surface area contributed by atoms with E-state index in [0.29, 0.717) is 37.7 Å². The quantitative estimate of drug-likeness (QED) is 0.144. The van der Waals surface area contributed by atoms with Crippen molar-refractivity contribution in [1.82, 2.24) is 25.7 Å². The van der Waals surface area contributed by atoms with E-state index in [1.807, 2.05) is 18.2 Å². The molecule has 2 saturated heterocycles. The molecule has 13 nitrogen and oxygen atoms in total. The Bertz CT molecular complexity index is 1470. The lowest BCUT2D eigenvalue weighted by molar-refractivity contribution is -0.277. The van der Waals surface area contributed by atoms with E-state index in [1.54, 1.807) is 18.7 Å². The van der Waals surface area contributed by atoms with Crippen LogP contribution < -0.4 is 15.4 Å². The molecule has 0 aliphatic carbocycles. The number of amides is 2. The number of fused-ring (bicyclic) bond motifs is 1. The van der Waals surface area contributed by atoms with Crippen molar-refractivity contribution < 1.29 is 39.5 Å². The van der Waals surface area contributed by atoms with Crippen LogP contribution in [0.25, 0.3) is 10.9 Å². The van der Waals surface area contributed by atoms with Gasteiger partial charge in [-0.15, -0.1) is 5.10 Å². The van der Waals surface area contributed by atoms with Crippen molar-refractivity contribution in [3.05, 3.63) is 59.2 Å². The smallest absolute Gasteiger partial charge is 0.247 e. The molecule has 0 radical (unpaired) electrons. The zero-order chi connectivity index (χ0) is 32.8. The van der Waals surface area contributed by atoms with Gasteiger partial charge in [0.05, 0.1) is 17.5 Å². The second-order valence-corrected chi connectivity index (χ2v) is 12.6. The maximum Gasteiger partial charge on any atom is 0.247 e. The van der Waals surface area contributed by atoms with Crippen molar-refractivity contribution in [2.24, 2.45) is 0 Å². The first-order chi connectivity index (χ1) is 22.1. The number of nitrogens with zero attached hydrogens (tertiary/aromatic N) is 2. The number of aryl methyl sites for hydroxylation is 3. The third kappa shape index (κ3) is 7.85. The average Bonchev–Trinajstić information content (AvgIpc) is 3.47. The molecule has 0 saturated carbocycles. The number of H-pyrrole nitrogens is 1. The number of carbonyl (C=O) groups excluding carboxylic acids is 2. The normalized spacial score (nSPS) is 23.8. The SMILES string of the molecule is CC(C)(NC(=O)CCCc1ccc(CCc2cccc3[nH]nc(O[C@@H]4O[C@H](CO)[C@@H](O)[C@H](O)[C@H]4O)c23)cc1)C(=O)N1CCNCC1. The van der Waals surface area contributed by atoms with E-state index in [-0.39, 0.29) is 17.7 Å². The molecule has 2 aliphatic rings. The second kappa shape index (κ2) is 14.9. The Hall–Kier alpha value is -3.59. The summed E-state index contributed by atoms with van der Waals surface area (Å²) in [6.45, 7) is 5.79. The number of aromatic nitrogens is 2. The van der Waals surface area contributed by atoms with E-state index >= 15 is 0 Å². The number of piperazine rings is 1. The Morgan fingerprint density at radius 2 is 1.70 bits per heavy atom. The molecule has 13 heteroatoms. The number of carbonyl (C=O) groups is 2. The zero-order valence-electron chi connectivity index (χ0n) is 26.3. The minimum absolute atomic E-state index is 0.0560. The molecule has 250 valence electrons. The van der Waals surface area contributed by atoms with Gasteiger partial charge in [-0.3, -0.25) is 14.7 Å². The van der Waals surface area contributed by atoms with Crippen LogP contribution in [0.15, 0.2) is 42.5 Å². The highest BCUT2D eigenvalue weighted by atomic mass is 16.7. The Morgan fingerprint density at radius 1 is 1.00 bits per heavy atom. The molecule has 2 amide bonds. The minimum Gasteiger partial charge on any atom is -0.443 e. The molecule has 0 bridgehead atoms. The summed E-state index contributed by atoms with van der Waals surface area (Å²) >= 11 is 0. The summed E-state index contributed by atoms with van der Waals surface area (Å²) in [4.78, 5) is 27.3. The summed E-state index contributed by atoms with van der Waals surface area (Å²) in [5.74, 6) is -0.00113. The van der Waals surface area contributed by atoms with Crippen LogP contribution in [-0.4, -0.2) is 116 Å². The fraction of sp³-hybridized carbons (Fsp3) is 0.545. The van der Waals surface area contributed by atoms with Crippen LogP contribution >= 0.6 is 0 Å². The summed E-state index contributed by atoms with van der Waals surface area (Å²) in [6, 6.07) is 14.0. The van der Waals surface area contributed by atoms with Crippen molar-refractivity contribution >= 4 is 22.7 Å². The Morgan fingerprint density at radius 3 is 2.39 bits per heavy atom. The third-order valence-corrected chi connectivity index (χ3v) is 8.68. The topological polar surface area (TPSA) is 190 Å². The Kier molecular flexibility index (Phi) is 10.9. The third-order valence-electron chi connectivity index (χ3n) is 8.68. The fourth-order valence-corrected chi connectivity index (χ4v) is 6.01. The maximum absolute atomic E-state index is 12.9. The number of aromatic amines is 1. The van der Waals surface area contributed by atoms with Gasteiger partial charge in [0, 0.05) is 32.6 Å². The Balaban J connectivity index is 1.12. The summed E-state index contributed by atoms with van der Waals surface area (Å²) < 4.78 is 11.4. The van der Waals surface area contributed by atoms with E-state index in [9.17, 15) is 30.0 Å². The van der Waals surface area contributed by atoms with Crippen LogP contribution in [0.4, 0.5) is 0 Å². The van der Waals surface area contributed by atoms with Crippen molar-refractivity contribution in [3.63, 3.8) is 0 Å². The molecular formula is C33H45N5O8. The number of aliphatic hydroxyl groups is 4. The number of rotatable bonds is 12. The van der Waals surface area contributed by atoms with E-state index in [2.05, 4.69) is 45.1 Å². The van der Waals surface area contributed by atoms with Crippen LogP contribution in [0.3, 0.4) is 0 Å². The van der Waals surface area contributed by atoms with Crippen molar-refractivity contribution in [2.45, 2.75) is 82.2 Å². The number of nitrogens with one attached hydrogen (secondary N) is 3. The number of hydrogen-bond acceptors (Lipinski definition) is 10. The zero-order valence-corrected chi connectivity index (χ0v) is 26.3. The number of benzene rings is 2. The van der Waals surface area contributed by atoms with Crippen molar-refractivity contribution in [2.75, 3.05) is 32.8 Å². The maximum atomic E-state index is 12.9. The standard InChI is InChI=1S/C33H45N5O8/c1-33(2,32(44)38-17-15-34-16-18-38)35-25(40)8-3-5-20-9-11-21(12-10-20)13-14-22-6-4-7-23-26(22)30(37-36-23)46-31-29(43)28(42)27(41)24(19-39)45-31/h4,6-7,9-12,24,27-29,31,34,39,41-43H,3,5,8,13-19H2,1-2H3,(H,35,40)(H,36,37)/t24-,27-,28+,29-,31+/m1/s1. The number of aliphatic hydroxyl groups excluding tert-OH is 4. The first kappa shape index (κ1) is 33.8. The van der Waals surface area contributed by atoms with Crippen LogP contribution in [0, 0.1) is 0 Å². The predicted octanol–water partition coefficient (Wildman–Crippen LogP) is 0.176. The molecular weight excluding hydrogens is 594 g/mol. The summed E-state index contributed by atoms with van der Waals surface area (Å²) in [7, 11) is 0. The van der Waals surface area contributed by atoms with Gasteiger partial charge < -0.3 is 45.4 Å². The molecule has 2 fully saturated rings. The molecule has 46 heavy (non-hydrogen) atoms. The molecule has 3 heterocycles. The molecule has 7 N–H and O–H groups in total. The lowest BCUT2D eigenvalue weighted by Gasteiger charge is -2.39. The highest BCUT2D eigenvalue weighted by Gasteiger charge is 2.45. The van der Waals surface area contributed by atoms with Gasteiger partial charge in [0.25, 0.3) is 0 Å². The number of hydrogen-bond donors (Lipinski definition) is 7. The van der Waals surface area contributed by atoms with Gasteiger partial charge in [0.1, 0.15) is 30.0 Å². The van der Waals surface area contributed by atoms with E-state index < -0.39 is 42.9 Å². The van der Waals surface area contributed by atoms with Crippen LogP contribution in [0.5, 0.6) is 5.88 Å². The van der Waals surface area contributed by atoms with E-state index in [4.69, 9.17) is 9.47 Å². The first-order valence-corrected chi connectivity index (χ1v) is 15.9. The highest BCUT2D eigenvalue weighted by molar-refractivity contribution is 5.91. The molecule has 5 rings (SSSR count). The van der Waals surface area contributed by atoms with Gasteiger partial charge in [-0.25, -0.2) is 0 Å². The minimum atomic E-state index is -1.55. The summed E-state index contributed by atoms with van der Waals surface area (Å²) in [5, 5.41) is 54.1. The van der Waals surface area contributed by atoms with Crippen LogP contribution in [-0.2, 0) is 33.6 Å². The summed E-state index contributed by atoms with van der Waals surface area (Å²) in [6.07, 6.45) is -3.83. The highest BCUT2D eigenvalue weighted by Crippen LogP contribution is 2.31. The van der Waals surface area contributed by atoms with Crippen LogP contribution in [0.1, 0.15) is 43.4 Å². The van der Waals surface area contributed by atoms with Gasteiger partial charge in [-0.1, -0.05) is 36.4 Å².